The molecule has 0 fully saturated rings. The van der Waals surface area contributed by atoms with Crippen LogP contribution in [0.1, 0.15) is 10.5 Å². The molecule has 1 amide bonds. The fourth-order valence-corrected chi connectivity index (χ4v) is 1.46. The van der Waals surface area contributed by atoms with Crippen molar-refractivity contribution in [1.82, 2.24) is 10.2 Å². The Morgan fingerprint density at radius 2 is 1.95 bits per heavy atom. The summed E-state index contributed by atoms with van der Waals surface area (Å²) in [6, 6.07) is 5.31. The zero-order valence-corrected chi connectivity index (χ0v) is 10.5. The molecule has 0 spiro atoms. The predicted molar refractivity (Wildman–Crippen MR) is 66.3 cm³/mol. The summed E-state index contributed by atoms with van der Waals surface area (Å²) in [7, 11) is 0. The Morgan fingerprint density at radius 1 is 1.32 bits per heavy atom. The number of alkyl halides is 3. The maximum absolute atomic E-state index is 12.0. The minimum Gasteiger partial charge on any atom is -0.406 e. The van der Waals surface area contributed by atoms with E-state index in [1.807, 2.05) is 0 Å². The molecule has 116 valence electrons. The van der Waals surface area contributed by atoms with Gasteiger partial charge in [-0.3, -0.25) is 4.79 Å². The Bertz CT molecular complexity index is 696. The second kappa shape index (κ2) is 5.71. The molecule has 0 aliphatic rings. The van der Waals surface area contributed by atoms with Crippen LogP contribution in [-0.2, 0) is 0 Å². The van der Waals surface area contributed by atoms with Crippen molar-refractivity contribution in [2.45, 2.75) is 6.36 Å². The van der Waals surface area contributed by atoms with E-state index in [4.69, 9.17) is 0 Å². The highest BCUT2D eigenvalue weighted by Crippen LogP contribution is 2.24. The fraction of sp³-hybridized carbons (Fsp3) is 0.0909. The number of amides is 1. The Hall–Kier alpha value is -3.11. The molecule has 0 aliphatic heterocycles. The number of hydrogen-bond donors (Lipinski definition) is 2. The zero-order valence-electron chi connectivity index (χ0n) is 10.5. The highest BCUT2D eigenvalue weighted by Gasteiger charge is 2.31. The molecule has 0 bridgehead atoms. The molecule has 1 heterocycles. The van der Waals surface area contributed by atoms with Gasteiger partial charge in [-0.2, -0.15) is 0 Å². The summed E-state index contributed by atoms with van der Waals surface area (Å²) in [6.45, 7) is 0. The van der Waals surface area contributed by atoms with Crippen LogP contribution in [0, 0.1) is 10.1 Å². The molecule has 2 aromatic rings. The number of H-pyrrole nitrogens is 1. The van der Waals surface area contributed by atoms with E-state index in [0.717, 1.165) is 18.2 Å². The van der Waals surface area contributed by atoms with Crippen molar-refractivity contribution in [1.29, 1.82) is 0 Å². The Kier molecular flexibility index (Phi) is 3.97. The van der Waals surface area contributed by atoms with E-state index in [0.29, 0.717) is 0 Å². The third-order valence-corrected chi connectivity index (χ3v) is 2.34. The van der Waals surface area contributed by atoms with Crippen LogP contribution in [0.25, 0.3) is 0 Å². The van der Waals surface area contributed by atoms with Gasteiger partial charge in [-0.1, -0.05) is 5.10 Å². The molecule has 0 aliphatic carbocycles. The number of anilines is 1. The second-order valence-corrected chi connectivity index (χ2v) is 3.92. The van der Waals surface area contributed by atoms with Crippen LogP contribution in [0.5, 0.6) is 5.75 Å². The van der Waals surface area contributed by atoms with Crippen molar-refractivity contribution >= 4 is 17.4 Å². The minimum atomic E-state index is -4.81. The molecule has 8 nitrogen and oxygen atoms in total. The number of nitro groups is 1. The average Bonchev–Trinajstić information content (AvgIpc) is 2.89. The van der Waals surface area contributed by atoms with Crippen molar-refractivity contribution in [3.8, 4) is 5.75 Å². The predicted octanol–water partition coefficient (Wildman–Crippen LogP) is 2.47. The number of nitrogens with zero attached hydrogens (tertiary/aromatic N) is 2. The SMILES string of the molecule is O=C(Nc1ccc(OC(F)(F)F)cc1)c1cc([N+](=O)[O-])[nH]n1. The first-order valence-electron chi connectivity index (χ1n) is 5.61. The largest absolute Gasteiger partial charge is 0.573 e. The van der Waals surface area contributed by atoms with E-state index in [9.17, 15) is 28.1 Å². The van der Waals surface area contributed by atoms with Crippen LogP contribution in [0.4, 0.5) is 24.7 Å². The molecule has 2 N–H and O–H groups in total. The van der Waals surface area contributed by atoms with Gasteiger partial charge in [0.05, 0.1) is 6.07 Å². The third kappa shape index (κ3) is 3.94. The van der Waals surface area contributed by atoms with E-state index in [2.05, 4.69) is 20.3 Å². The van der Waals surface area contributed by atoms with Crippen molar-refractivity contribution in [2.75, 3.05) is 5.32 Å². The lowest BCUT2D eigenvalue weighted by molar-refractivity contribution is -0.389. The van der Waals surface area contributed by atoms with Gasteiger partial charge in [0.1, 0.15) is 5.75 Å². The lowest BCUT2D eigenvalue weighted by Crippen LogP contribution is -2.17. The number of hydrogen-bond acceptors (Lipinski definition) is 5. The summed E-state index contributed by atoms with van der Waals surface area (Å²) < 4.78 is 39.6. The summed E-state index contributed by atoms with van der Waals surface area (Å²) in [4.78, 5) is 21.4. The topological polar surface area (TPSA) is 110 Å². The number of ether oxygens (including phenoxy) is 1. The molecule has 0 saturated heterocycles. The highest BCUT2D eigenvalue weighted by atomic mass is 19.4. The average molecular weight is 316 g/mol. The summed E-state index contributed by atoms with van der Waals surface area (Å²) >= 11 is 0. The first-order chi connectivity index (χ1) is 10.2. The van der Waals surface area contributed by atoms with Gasteiger partial charge in [0.15, 0.2) is 5.69 Å². The highest BCUT2D eigenvalue weighted by molar-refractivity contribution is 6.03. The lowest BCUT2D eigenvalue weighted by Gasteiger charge is -2.09. The van der Waals surface area contributed by atoms with E-state index in [1.165, 1.54) is 12.1 Å². The fourth-order valence-electron chi connectivity index (χ4n) is 1.46. The molecule has 11 heteroatoms. The van der Waals surface area contributed by atoms with E-state index < -0.39 is 28.8 Å². The van der Waals surface area contributed by atoms with Crippen molar-refractivity contribution < 1.29 is 27.6 Å². The second-order valence-electron chi connectivity index (χ2n) is 3.92. The van der Waals surface area contributed by atoms with Crippen molar-refractivity contribution in [2.24, 2.45) is 0 Å². The summed E-state index contributed by atoms with van der Waals surface area (Å²) in [6.07, 6.45) is -4.81. The zero-order chi connectivity index (χ0) is 16.3. The Balaban J connectivity index is 2.03. The molecule has 1 aromatic carbocycles. The van der Waals surface area contributed by atoms with Crippen LogP contribution >= 0.6 is 0 Å². The molecule has 2 rings (SSSR count). The maximum atomic E-state index is 12.0. The Morgan fingerprint density at radius 3 is 2.45 bits per heavy atom. The van der Waals surface area contributed by atoms with Crippen LogP contribution in [-0.4, -0.2) is 27.4 Å². The molecule has 0 saturated carbocycles. The smallest absolute Gasteiger partial charge is 0.406 e. The Labute approximate surface area is 120 Å². The van der Waals surface area contributed by atoms with Gasteiger partial charge < -0.3 is 20.2 Å². The first kappa shape index (κ1) is 15.3. The normalized spacial score (nSPS) is 11.0. The van der Waals surface area contributed by atoms with Gasteiger partial charge in [0, 0.05) is 5.69 Å². The molecule has 22 heavy (non-hydrogen) atoms. The quantitative estimate of drug-likeness (QED) is 0.665. The first-order valence-corrected chi connectivity index (χ1v) is 5.61. The van der Waals surface area contributed by atoms with Crippen LogP contribution in [0.2, 0.25) is 0 Å². The maximum Gasteiger partial charge on any atom is 0.573 e. The van der Waals surface area contributed by atoms with Crippen molar-refractivity contribution in [3.05, 3.63) is 46.1 Å². The number of aromatic nitrogens is 2. The van der Waals surface area contributed by atoms with E-state index in [1.54, 1.807) is 0 Å². The molecule has 0 atom stereocenters. The summed E-state index contributed by atoms with van der Waals surface area (Å²) in [5.74, 6) is -1.66. The number of carbonyl (C=O) groups excluding carboxylic acids is 1. The number of benzene rings is 1. The number of carbonyl (C=O) groups is 1. The number of halogens is 3. The third-order valence-electron chi connectivity index (χ3n) is 2.34. The monoisotopic (exact) mass is 316 g/mol. The van der Waals surface area contributed by atoms with Gasteiger partial charge in [-0.25, -0.2) is 0 Å². The van der Waals surface area contributed by atoms with Gasteiger partial charge in [-0.05, 0) is 29.2 Å². The number of aromatic amines is 1. The summed E-state index contributed by atoms with van der Waals surface area (Å²) in [5.41, 5.74) is -0.0625. The minimum absolute atomic E-state index is 0.171. The molecular formula is C11H7F3N4O4. The van der Waals surface area contributed by atoms with Crippen LogP contribution in [0.3, 0.4) is 0 Å². The molecule has 1 aromatic heterocycles. The van der Waals surface area contributed by atoms with E-state index >= 15 is 0 Å². The van der Waals surface area contributed by atoms with Gasteiger partial charge in [0.2, 0.25) is 0 Å². The number of nitrogens with one attached hydrogen (secondary N) is 2. The van der Waals surface area contributed by atoms with E-state index in [-0.39, 0.29) is 11.4 Å². The van der Waals surface area contributed by atoms with Gasteiger partial charge >= 0.3 is 12.2 Å². The van der Waals surface area contributed by atoms with Gasteiger partial charge in [0.25, 0.3) is 5.91 Å². The molecule has 0 unspecified atom stereocenters. The lowest BCUT2D eigenvalue weighted by atomic mass is 10.3. The van der Waals surface area contributed by atoms with Gasteiger partial charge in [-0.15, -0.1) is 18.3 Å². The number of rotatable bonds is 4. The standard InChI is InChI=1S/C11H7F3N4O4/c12-11(13,14)22-7-3-1-6(2-4-7)15-10(19)8-5-9(17-16-8)18(20)21/h1-5H,(H,15,19)(H,16,17). The van der Waals surface area contributed by atoms with Crippen LogP contribution in [0.15, 0.2) is 30.3 Å². The van der Waals surface area contributed by atoms with Crippen molar-refractivity contribution in [3.63, 3.8) is 0 Å². The van der Waals surface area contributed by atoms with Crippen LogP contribution < -0.4 is 10.1 Å². The molecular weight excluding hydrogens is 309 g/mol. The molecule has 0 radical (unpaired) electrons. The summed E-state index contributed by atoms with van der Waals surface area (Å²) in [5, 5.41) is 18.3.